The molecule has 0 saturated heterocycles. The molecule has 0 atom stereocenters. The van der Waals surface area contributed by atoms with E-state index in [0.717, 1.165) is 17.0 Å². The summed E-state index contributed by atoms with van der Waals surface area (Å²) in [5.41, 5.74) is 1.64. The summed E-state index contributed by atoms with van der Waals surface area (Å²) in [6.45, 7) is 6.21. The molecule has 4 heteroatoms. The van der Waals surface area contributed by atoms with Gasteiger partial charge < -0.3 is 4.98 Å². The van der Waals surface area contributed by atoms with Crippen LogP contribution in [0.1, 0.15) is 26.6 Å². The lowest BCUT2D eigenvalue weighted by atomic mass is 9.95. The number of nitrogens with zero attached hydrogens (tertiary/aromatic N) is 2. The topological polar surface area (TPSA) is 58.6 Å². The van der Waals surface area contributed by atoms with Gasteiger partial charge in [-0.05, 0) is 6.07 Å². The number of rotatable bonds is 1. The summed E-state index contributed by atoms with van der Waals surface area (Å²) in [6, 6.07) is 3.25. The van der Waals surface area contributed by atoms with Gasteiger partial charge in [0, 0.05) is 41.2 Å². The van der Waals surface area contributed by atoms with Crippen LogP contribution >= 0.6 is 0 Å². The van der Waals surface area contributed by atoms with Gasteiger partial charge in [0.25, 0.3) is 0 Å². The van der Waals surface area contributed by atoms with Crippen molar-refractivity contribution < 1.29 is 0 Å². The first-order chi connectivity index (χ1) is 7.97. The number of aromatic amines is 1. The minimum absolute atomic E-state index is 0.0521. The van der Waals surface area contributed by atoms with Crippen LogP contribution < -0.4 is 5.56 Å². The van der Waals surface area contributed by atoms with E-state index >= 15 is 0 Å². The highest BCUT2D eigenvalue weighted by molar-refractivity contribution is 5.59. The van der Waals surface area contributed by atoms with Crippen LogP contribution in [0.25, 0.3) is 11.1 Å². The summed E-state index contributed by atoms with van der Waals surface area (Å²) in [5, 5.41) is 0. The molecule has 4 nitrogen and oxygen atoms in total. The molecule has 0 unspecified atom stereocenters. The summed E-state index contributed by atoms with van der Waals surface area (Å²) in [6.07, 6.45) is 5.22. The zero-order chi connectivity index (χ0) is 12.5. The van der Waals surface area contributed by atoms with Crippen molar-refractivity contribution in [2.45, 2.75) is 26.2 Å². The van der Waals surface area contributed by atoms with Gasteiger partial charge in [-0.1, -0.05) is 20.8 Å². The van der Waals surface area contributed by atoms with Crippen LogP contribution in [0.2, 0.25) is 0 Å². The minimum atomic E-state index is -0.110. The number of hydrogen-bond acceptors (Lipinski definition) is 3. The Bertz CT molecular complexity index is 544. The van der Waals surface area contributed by atoms with Gasteiger partial charge in [-0.15, -0.1) is 0 Å². The fraction of sp³-hybridized carbons (Fsp3) is 0.308. The predicted octanol–water partition coefficient (Wildman–Crippen LogP) is 2.13. The molecule has 0 fully saturated rings. The van der Waals surface area contributed by atoms with E-state index in [2.05, 4.69) is 35.7 Å². The van der Waals surface area contributed by atoms with Gasteiger partial charge in [-0.25, -0.2) is 9.97 Å². The van der Waals surface area contributed by atoms with Crippen molar-refractivity contribution in [1.29, 1.82) is 0 Å². The van der Waals surface area contributed by atoms with E-state index in [1.807, 2.05) is 0 Å². The van der Waals surface area contributed by atoms with Crippen LogP contribution in [0, 0.1) is 0 Å². The van der Waals surface area contributed by atoms with Gasteiger partial charge in [0.15, 0.2) is 0 Å². The van der Waals surface area contributed by atoms with E-state index in [1.165, 1.54) is 6.07 Å². The highest BCUT2D eigenvalue weighted by atomic mass is 16.1. The van der Waals surface area contributed by atoms with Crippen molar-refractivity contribution >= 4 is 0 Å². The maximum atomic E-state index is 11.0. The lowest BCUT2D eigenvalue weighted by molar-refractivity contribution is 0.545. The SMILES string of the molecule is CC(C)(C)c1ncc(-c2ccc(=O)[nH]c2)cn1. The molecule has 1 N–H and O–H groups in total. The molecule has 2 aromatic rings. The molecule has 0 spiro atoms. The fourth-order valence-corrected chi connectivity index (χ4v) is 1.45. The summed E-state index contributed by atoms with van der Waals surface area (Å²) < 4.78 is 0. The van der Waals surface area contributed by atoms with Gasteiger partial charge in [-0.2, -0.15) is 0 Å². The van der Waals surface area contributed by atoms with Crippen LogP contribution in [-0.2, 0) is 5.41 Å². The van der Waals surface area contributed by atoms with Gasteiger partial charge in [0.1, 0.15) is 5.82 Å². The van der Waals surface area contributed by atoms with Crippen molar-refractivity contribution in [3.8, 4) is 11.1 Å². The Kier molecular flexibility index (Phi) is 2.79. The average Bonchev–Trinajstić information content (AvgIpc) is 2.29. The van der Waals surface area contributed by atoms with Crippen LogP contribution in [0.3, 0.4) is 0 Å². The Labute approximate surface area is 99.8 Å². The molecule has 0 saturated carbocycles. The van der Waals surface area contributed by atoms with Crippen molar-refractivity contribution in [3.63, 3.8) is 0 Å². The number of aromatic nitrogens is 3. The largest absolute Gasteiger partial charge is 0.328 e. The minimum Gasteiger partial charge on any atom is -0.328 e. The smallest absolute Gasteiger partial charge is 0.247 e. The second-order valence-electron chi connectivity index (χ2n) is 4.99. The molecule has 0 bridgehead atoms. The second kappa shape index (κ2) is 4.13. The molecule has 2 heterocycles. The van der Waals surface area contributed by atoms with Gasteiger partial charge in [0.05, 0.1) is 0 Å². The number of H-pyrrole nitrogens is 1. The highest BCUT2D eigenvalue weighted by Crippen LogP contribution is 2.20. The van der Waals surface area contributed by atoms with E-state index < -0.39 is 0 Å². The normalized spacial score (nSPS) is 11.5. The first-order valence-corrected chi connectivity index (χ1v) is 5.48. The highest BCUT2D eigenvalue weighted by Gasteiger charge is 2.16. The van der Waals surface area contributed by atoms with E-state index in [9.17, 15) is 4.79 Å². The summed E-state index contributed by atoms with van der Waals surface area (Å²) in [4.78, 5) is 22.3. The van der Waals surface area contributed by atoms with Gasteiger partial charge in [0.2, 0.25) is 5.56 Å². The van der Waals surface area contributed by atoms with Crippen LogP contribution in [0.5, 0.6) is 0 Å². The molecule has 0 amide bonds. The van der Waals surface area contributed by atoms with E-state index in [-0.39, 0.29) is 11.0 Å². The standard InChI is InChI=1S/C13H15N3O/c1-13(2,3)12-15-7-10(8-16-12)9-4-5-11(17)14-6-9/h4-8H,1-3H3,(H,14,17). The third-order valence-corrected chi connectivity index (χ3v) is 2.44. The molecular formula is C13H15N3O. The van der Waals surface area contributed by atoms with Crippen molar-refractivity contribution in [2.75, 3.05) is 0 Å². The third-order valence-electron chi connectivity index (χ3n) is 2.44. The third kappa shape index (κ3) is 2.58. The Morgan fingerprint density at radius 1 is 1.06 bits per heavy atom. The first kappa shape index (κ1) is 11.5. The molecule has 2 rings (SSSR count). The molecule has 17 heavy (non-hydrogen) atoms. The predicted molar refractivity (Wildman–Crippen MR) is 66.8 cm³/mol. The molecule has 0 radical (unpaired) electrons. The molecular weight excluding hydrogens is 214 g/mol. The Balaban J connectivity index is 2.36. The zero-order valence-electron chi connectivity index (χ0n) is 10.2. The lowest BCUT2D eigenvalue weighted by Crippen LogP contribution is -2.15. The average molecular weight is 229 g/mol. The molecule has 0 aliphatic heterocycles. The van der Waals surface area contributed by atoms with Crippen molar-refractivity contribution in [3.05, 3.63) is 46.9 Å². The first-order valence-electron chi connectivity index (χ1n) is 5.48. The van der Waals surface area contributed by atoms with Crippen molar-refractivity contribution in [1.82, 2.24) is 15.0 Å². The number of hydrogen-bond donors (Lipinski definition) is 1. The molecule has 0 aromatic carbocycles. The molecule has 0 aliphatic carbocycles. The second-order valence-corrected chi connectivity index (χ2v) is 4.99. The molecule has 0 aliphatic rings. The van der Waals surface area contributed by atoms with E-state index in [1.54, 1.807) is 24.7 Å². The molecule has 2 aromatic heterocycles. The van der Waals surface area contributed by atoms with Crippen LogP contribution in [0.15, 0.2) is 35.5 Å². The number of pyridine rings is 1. The lowest BCUT2D eigenvalue weighted by Gasteiger charge is -2.15. The summed E-state index contributed by atoms with van der Waals surface area (Å²) >= 11 is 0. The Morgan fingerprint density at radius 2 is 1.71 bits per heavy atom. The van der Waals surface area contributed by atoms with Crippen LogP contribution in [-0.4, -0.2) is 15.0 Å². The fourth-order valence-electron chi connectivity index (χ4n) is 1.45. The van der Waals surface area contributed by atoms with Gasteiger partial charge in [-0.3, -0.25) is 4.79 Å². The quantitative estimate of drug-likeness (QED) is 0.815. The zero-order valence-corrected chi connectivity index (χ0v) is 10.2. The van der Waals surface area contributed by atoms with E-state index in [4.69, 9.17) is 0 Å². The number of nitrogens with one attached hydrogen (secondary N) is 1. The summed E-state index contributed by atoms with van der Waals surface area (Å²) in [7, 11) is 0. The molecule has 88 valence electrons. The maximum absolute atomic E-state index is 11.0. The Hall–Kier alpha value is -1.97. The maximum Gasteiger partial charge on any atom is 0.247 e. The summed E-state index contributed by atoms with van der Waals surface area (Å²) in [5.74, 6) is 0.811. The van der Waals surface area contributed by atoms with Crippen molar-refractivity contribution in [2.24, 2.45) is 0 Å². The Morgan fingerprint density at radius 3 is 2.18 bits per heavy atom. The van der Waals surface area contributed by atoms with E-state index in [0.29, 0.717) is 0 Å². The van der Waals surface area contributed by atoms with Crippen LogP contribution in [0.4, 0.5) is 0 Å². The van der Waals surface area contributed by atoms with Gasteiger partial charge >= 0.3 is 0 Å². The monoisotopic (exact) mass is 229 g/mol.